The summed E-state index contributed by atoms with van der Waals surface area (Å²) in [5, 5.41) is 9.89. The van der Waals surface area contributed by atoms with Crippen LogP contribution in [0.5, 0.6) is 0 Å². The number of hydrogen-bond acceptors (Lipinski definition) is 3. The van der Waals surface area contributed by atoms with Crippen LogP contribution in [0.3, 0.4) is 0 Å². The van der Waals surface area contributed by atoms with Gasteiger partial charge in [0.15, 0.2) is 0 Å². The van der Waals surface area contributed by atoms with Gasteiger partial charge in [0.2, 0.25) is 0 Å². The molecule has 0 bridgehead atoms. The van der Waals surface area contributed by atoms with Crippen LogP contribution >= 0.6 is 22.6 Å². The quantitative estimate of drug-likeness (QED) is 0.677. The van der Waals surface area contributed by atoms with E-state index in [2.05, 4.69) is 43.1 Å². The number of benzene rings is 1. The number of H-pyrrole nitrogens is 1. The van der Waals surface area contributed by atoms with Crippen LogP contribution in [0, 0.1) is 9.39 Å². The molecule has 0 amide bonds. The van der Waals surface area contributed by atoms with Gasteiger partial charge in [-0.05, 0) is 52.9 Å². The van der Waals surface area contributed by atoms with E-state index in [-0.39, 0.29) is 5.82 Å². The number of nitrogens with zero attached hydrogens (tertiary/aromatic N) is 2. The van der Waals surface area contributed by atoms with Crippen molar-refractivity contribution >= 4 is 34.0 Å². The SMILES string of the molecule is Fc1cc(I)ccc1Nc1cnccc1-c1ccn[nH]1. The van der Waals surface area contributed by atoms with Gasteiger partial charge in [-0.2, -0.15) is 5.10 Å². The summed E-state index contributed by atoms with van der Waals surface area (Å²) in [7, 11) is 0. The predicted molar refractivity (Wildman–Crippen MR) is 84.2 cm³/mol. The Labute approximate surface area is 128 Å². The van der Waals surface area contributed by atoms with Gasteiger partial charge in [0.25, 0.3) is 0 Å². The molecule has 6 heteroatoms. The zero-order chi connectivity index (χ0) is 13.9. The third-order valence-electron chi connectivity index (χ3n) is 2.81. The maximum absolute atomic E-state index is 13.9. The monoisotopic (exact) mass is 380 g/mol. The molecule has 100 valence electrons. The number of hydrogen-bond donors (Lipinski definition) is 2. The van der Waals surface area contributed by atoms with E-state index in [9.17, 15) is 4.39 Å². The maximum atomic E-state index is 13.9. The second-order valence-corrected chi connectivity index (χ2v) is 5.39. The minimum absolute atomic E-state index is 0.295. The minimum Gasteiger partial charge on any atom is -0.351 e. The van der Waals surface area contributed by atoms with E-state index in [1.807, 2.05) is 18.2 Å². The fraction of sp³-hybridized carbons (Fsp3) is 0. The molecule has 1 aromatic carbocycles. The molecule has 0 unspecified atom stereocenters. The van der Waals surface area contributed by atoms with Crippen molar-refractivity contribution in [3.8, 4) is 11.3 Å². The Morgan fingerprint density at radius 2 is 2.00 bits per heavy atom. The Balaban J connectivity index is 1.99. The second kappa shape index (κ2) is 5.58. The molecular weight excluding hydrogens is 370 g/mol. The second-order valence-electron chi connectivity index (χ2n) is 4.14. The lowest BCUT2D eigenvalue weighted by Gasteiger charge is -2.11. The highest BCUT2D eigenvalue weighted by Crippen LogP contribution is 2.29. The summed E-state index contributed by atoms with van der Waals surface area (Å²) >= 11 is 2.07. The highest BCUT2D eigenvalue weighted by molar-refractivity contribution is 14.1. The van der Waals surface area contributed by atoms with Crippen molar-refractivity contribution in [1.29, 1.82) is 0 Å². The molecule has 0 fully saturated rings. The number of pyridine rings is 1. The van der Waals surface area contributed by atoms with Gasteiger partial charge < -0.3 is 5.32 Å². The number of aromatic nitrogens is 3. The smallest absolute Gasteiger partial charge is 0.147 e. The summed E-state index contributed by atoms with van der Waals surface area (Å²) in [6, 6.07) is 8.74. The first-order chi connectivity index (χ1) is 9.74. The van der Waals surface area contributed by atoms with Gasteiger partial charge in [0.1, 0.15) is 5.82 Å². The number of rotatable bonds is 3. The lowest BCUT2D eigenvalue weighted by Crippen LogP contribution is -1.97. The van der Waals surface area contributed by atoms with Crippen LogP contribution in [0.4, 0.5) is 15.8 Å². The first kappa shape index (κ1) is 13.0. The van der Waals surface area contributed by atoms with Crippen molar-refractivity contribution in [1.82, 2.24) is 15.2 Å². The van der Waals surface area contributed by atoms with E-state index in [1.165, 1.54) is 6.07 Å². The third kappa shape index (κ3) is 2.64. The molecule has 0 spiro atoms. The van der Waals surface area contributed by atoms with Gasteiger partial charge in [0.05, 0.1) is 23.3 Å². The molecule has 2 aromatic heterocycles. The Morgan fingerprint density at radius 1 is 1.10 bits per heavy atom. The van der Waals surface area contributed by atoms with Crippen molar-refractivity contribution in [3.05, 3.63) is 58.3 Å². The van der Waals surface area contributed by atoms with Gasteiger partial charge in [-0.25, -0.2) is 4.39 Å². The van der Waals surface area contributed by atoms with Crippen LogP contribution in [0.25, 0.3) is 11.3 Å². The molecule has 0 aliphatic heterocycles. The summed E-state index contributed by atoms with van der Waals surface area (Å²) in [5.74, 6) is -0.295. The van der Waals surface area contributed by atoms with Crippen molar-refractivity contribution in [2.45, 2.75) is 0 Å². The van der Waals surface area contributed by atoms with Crippen molar-refractivity contribution in [3.63, 3.8) is 0 Å². The number of halogens is 2. The molecule has 20 heavy (non-hydrogen) atoms. The largest absolute Gasteiger partial charge is 0.351 e. The van der Waals surface area contributed by atoms with Crippen molar-refractivity contribution in [2.75, 3.05) is 5.32 Å². The Kier molecular flexibility index (Phi) is 3.64. The van der Waals surface area contributed by atoms with E-state index in [1.54, 1.807) is 24.7 Å². The molecule has 0 saturated heterocycles. The molecule has 0 aliphatic rings. The Bertz CT molecular complexity index is 728. The first-order valence-electron chi connectivity index (χ1n) is 5.90. The Morgan fingerprint density at radius 3 is 2.75 bits per heavy atom. The standard InChI is InChI=1S/C14H10FIN4/c15-11-7-9(16)1-2-13(11)19-14-8-17-5-3-10(14)12-4-6-18-20-12/h1-8,19H,(H,18,20). The maximum Gasteiger partial charge on any atom is 0.147 e. The van der Waals surface area contributed by atoms with E-state index in [0.29, 0.717) is 5.69 Å². The van der Waals surface area contributed by atoms with Gasteiger partial charge >= 0.3 is 0 Å². The number of aromatic amines is 1. The highest BCUT2D eigenvalue weighted by atomic mass is 127. The molecule has 0 radical (unpaired) electrons. The van der Waals surface area contributed by atoms with E-state index >= 15 is 0 Å². The summed E-state index contributed by atoms with van der Waals surface area (Å²) in [6.45, 7) is 0. The third-order valence-corrected chi connectivity index (χ3v) is 3.48. The predicted octanol–water partition coefficient (Wildman–Crippen LogP) is 3.96. The summed E-state index contributed by atoms with van der Waals surface area (Å²) < 4.78 is 14.8. The van der Waals surface area contributed by atoms with Crippen LogP contribution < -0.4 is 5.32 Å². The molecule has 0 saturated carbocycles. The molecule has 0 atom stereocenters. The zero-order valence-electron chi connectivity index (χ0n) is 10.3. The molecule has 3 aromatic rings. The van der Waals surface area contributed by atoms with Crippen LogP contribution in [0.2, 0.25) is 0 Å². The zero-order valence-corrected chi connectivity index (χ0v) is 12.4. The van der Waals surface area contributed by atoms with Crippen LogP contribution in [0.15, 0.2) is 48.9 Å². The summed E-state index contributed by atoms with van der Waals surface area (Å²) in [5.41, 5.74) is 2.87. The normalized spacial score (nSPS) is 10.5. The van der Waals surface area contributed by atoms with Crippen LogP contribution in [-0.4, -0.2) is 15.2 Å². The van der Waals surface area contributed by atoms with Crippen LogP contribution in [-0.2, 0) is 0 Å². The minimum atomic E-state index is -0.295. The molecule has 2 heterocycles. The van der Waals surface area contributed by atoms with E-state index in [4.69, 9.17) is 0 Å². The number of anilines is 2. The summed E-state index contributed by atoms with van der Waals surface area (Å²) in [4.78, 5) is 4.08. The topological polar surface area (TPSA) is 53.6 Å². The fourth-order valence-corrected chi connectivity index (χ4v) is 2.32. The van der Waals surface area contributed by atoms with Crippen molar-refractivity contribution in [2.24, 2.45) is 0 Å². The lowest BCUT2D eigenvalue weighted by molar-refractivity contribution is 0.631. The van der Waals surface area contributed by atoms with Crippen molar-refractivity contribution < 1.29 is 4.39 Å². The van der Waals surface area contributed by atoms with E-state index < -0.39 is 0 Å². The van der Waals surface area contributed by atoms with E-state index in [0.717, 1.165) is 20.5 Å². The van der Waals surface area contributed by atoms with Crippen LogP contribution in [0.1, 0.15) is 0 Å². The van der Waals surface area contributed by atoms with Gasteiger partial charge in [-0.1, -0.05) is 0 Å². The lowest BCUT2D eigenvalue weighted by atomic mass is 10.1. The highest BCUT2D eigenvalue weighted by Gasteiger charge is 2.09. The molecule has 3 rings (SSSR count). The Hall–Kier alpha value is -1.96. The molecule has 2 N–H and O–H groups in total. The molecule has 0 aliphatic carbocycles. The number of nitrogens with one attached hydrogen (secondary N) is 2. The summed E-state index contributed by atoms with van der Waals surface area (Å²) in [6.07, 6.45) is 5.02. The first-order valence-corrected chi connectivity index (χ1v) is 6.98. The fourth-order valence-electron chi connectivity index (χ4n) is 1.87. The average Bonchev–Trinajstić information content (AvgIpc) is 2.96. The van der Waals surface area contributed by atoms with Gasteiger partial charge in [0, 0.05) is 21.5 Å². The van der Waals surface area contributed by atoms with Gasteiger partial charge in [-0.3, -0.25) is 10.1 Å². The molecule has 4 nitrogen and oxygen atoms in total. The average molecular weight is 380 g/mol. The van der Waals surface area contributed by atoms with Gasteiger partial charge in [-0.15, -0.1) is 0 Å². The molecular formula is C14H10FIN4.